The van der Waals surface area contributed by atoms with E-state index in [1.165, 1.54) is 0 Å². The second kappa shape index (κ2) is 5.58. The molecule has 1 amide bonds. The third-order valence-electron chi connectivity index (χ3n) is 3.00. The number of halogens is 1. The fourth-order valence-corrected chi connectivity index (χ4v) is 2.56. The van der Waals surface area contributed by atoms with E-state index >= 15 is 0 Å². The standard InChI is InChI=1S/C16H11IN2O/c17-13-8-1-2-9-14(13)19-16(20)12-7-3-5-11-6-4-10-18-15(11)12/h1-10H,(H,19,20). The summed E-state index contributed by atoms with van der Waals surface area (Å²) in [6, 6.07) is 17.1. The van der Waals surface area contributed by atoms with Gasteiger partial charge in [-0.15, -0.1) is 0 Å². The Bertz CT molecular complexity index is 781. The number of carbonyl (C=O) groups excluding carboxylic acids is 1. The Kier molecular flexibility index (Phi) is 3.64. The van der Waals surface area contributed by atoms with E-state index in [1.807, 2.05) is 48.5 Å². The van der Waals surface area contributed by atoms with Gasteiger partial charge >= 0.3 is 0 Å². The highest BCUT2D eigenvalue weighted by Crippen LogP contribution is 2.20. The Morgan fingerprint density at radius 3 is 2.65 bits per heavy atom. The lowest BCUT2D eigenvalue weighted by atomic mass is 10.1. The predicted octanol–water partition coefficient (Wildman–Crippen LogP) is 4.09. The van der Waals surface area contributed by atoms with Gasteiger partial charge in [0.05, 0.1) is 16.8 Å². The van der Waals surface area contributed by atoms with Crippen LogP contribution in [0.25, 0.3) is 10.9 Å². The number of nitrogens with zero attached hydrogens (tertiary/aromatic N) is 1. The maximum atomic E-state index is 12.4. The van der Waals surface area contributed by atoms with Gasteiger partial charge in [-0.25, -0.2) is 0 Å². The third kappa shape index (κ3) is 2.51. The number of pyridine rings is 1. The van der Waals surface area contributed by atoms with Crippen molar-refractivity contribution in [2.24, 2.45) is 0 Å². The van der Waals surface area contributed by atoms with Crippen molar-refractivity contribution in [3.8, 4) is 0 Å². The molecule has 20 heavy (non-hydrogen) atoms. The number of aromatic nitrogens is 1. The highest BCUT2D eigenvalue weighted by Gasteiger charge is 2.11. The van der Waals surface area contributed by atoms with Crippen LogP contribution in [0.3, 0.4) is 0 Å². The average molecular weight is 374 g/mol. The summed E-state index contributed by atoms with van der Waals surface area (Å²) in [6.45, 7) is 0. The molecule has 1 aromatic heterocycles. The maximum absolute atomic E-state index is 12.4. The van der Waals surface area contributed by atoms with E-state index in [9.17, 15) is 4.79 Å². The molecular formula is C16H11IN2O. The smallest absolute Gasteiger partial charge is 0.257 e. The molecule has 0 fully saturated rings. The summed E-state index contributed by atoms with van der Waals surface area (Å²) in [5.41, 5.74) is 2.12. The van der Waals surface area contributed by atoms with Gasteiger partial charge in [-0.2, -0.15) is 0 Å². The van der Waals surface area contributed by atoms with Gasteiger partial charge in [0.25, 0.3) is 5.91 Å². The molecule has 0 atom stereocenters. The summed E-state index contributed by atoms with van der Waals surface area (Å²) in [5, 5.41) is 3.89. The van der Waals surface area contributed by atoms with Crippen LogP contribution in [0.4, 0.5) is 5.69 Å². The zero-order valence-corrected chi connectivity index (χ0v) is 12.7. The van der Waals surface area contributed by atoms with Crippen molar-refractivity contribution in [1.82, 2.24) is 4.98 Å². The van der Waals surface area contributed by atoms with Crippen molar-refractivity contribution in [2.45, 2.75) is 0 Å². The highest BCUT2D eigenvalue weighted by atomic mass is 127. The molecule has 1 heterocycles. The molecule has 0 spiro atoms. The van der Waals surface area contributed by atoms with Crippen LogP contribution in [0.1, 0.15) is 10.4 Å². The molecule has 4 heteroatoms. The van der Waals surface area contributed by atoms with Gasteiger partial charge in [-0.05, 0) is 46.9 Å². The number of nitrogens with one attached hydrogen (secondary N) is 1. The van der Waals surface area contributed by atoms with E-state index in [0.717, 1.165) is 20.2 Å². The number of carbonyl (C=O) groups is 1. The molecule has 0 bridgehead atoms. The van der Waals surface area contributed by atoms with Crippen LogP contribution in [0, 0.1) is 3.57 Å². The van der Waals surface area contributed by atoms with Crippen molar-refractivity contribution < 1.29 is 4.79 Å². The zero-order valence-electron chi connectivity index (χ0n) is 10.5. The van der Waals surface area contributed by atoms with Gasteiger partial charge in [0.2, 0.25) is 0 Å². The first-order valence-electron chi connectivity index (χ1n) is 6.15. The Labute approximate surface area is 130 Å². The van der Waals surface area contributed by atoms with E-state index in [2.05, 4.69) is 32.9 Å². The average Bonchev–Trinajstić information content (AvgIpc) is 2.49. The van der Waals surface area contributed by atoms with Crippen LogP contribution >= 0.6 is 22.6 Å². The fraction of sp³-hybridized carbons (Fsp3) is 0. The SMILES string of the molecule is O=C(Nc1ccccc1I)c1cccc2cccnc12. The molecule has 1 N–H and O–H groups in total. The van der Waals surface area contributed by atoms with Gasteiger partial charge in [0.1, 0.15) is 0 Å². The van der Waals surface area contributed by atoms with E-state index in [1.54, 1.807) is 12.3 Å². The number of hydrogen-bond acceptors (Lipinski definition) is 2. The minimum Gasteiger partial charge on any atom is -0.321 e. The second-order valence-electron chi connectivity index (χ2n) is 4.31. The molecule has 0 radical (unpaired) electrons. The maximum Gasteiger partial charge on any atom is 0.257 e. The first-order chi connectivity index (χ1) is 9.75. The Morgan fingerprint density at radius 2 is 1.80 bits per heavy atom. The van der Waals surface area contributed by atoms with E-state index in [-0.39, 0.29) is 5.91 Å². The molecule has 3 rings (SSSR count). The lowest BCUT2D eigenvalue weighted by Crippen LogP contribution is -2.13. The number of hydrogen-bond donors (Lipinski definition) is 1. The molecule has 3 nitrogen and oxygen atoms in total. The molecule has 98 valence electrons. The van der Waals surface area contributed by atoms with Crippen molar-refractivity contribution in [1.29, 1.82) is 0 Å². The molecule has 3 aromatic rings. The molecule has 0 aliphatic carbocycles. The summed E-state index contributed by atoms with van der Waals surface area (Å²) in [5.74, 6) is -0.140. The largest absolute Gasteiger partial charge is 0.321 e. The lowest BCUT2D eigenvalue weighted by Gasteiger charge is -2.08. The molecular weight excluding hydrogens is 363 g/mol. The topological polar surface area (TPSA) is 42.0 Å². The number of benzene rings is 2. The van der Waals surface area contributed by atoms with Gasteiger partial charge < -0.3 is 5.32 Å². The van der Waals surface area contributed by atoms with Gasteiger partial charge in [0, 0.05) is 15.2 Å². The summed E-state index contributed by atoms with van der Waals surface area (Å²) in [7, 11) is 0. The Morgan fingerprint density at radius 1 is 1.00 bits per heavy atom. The second-order valence-corrected chi connectivity index (χ2v) is 5.48. The Hall–Kier alpha value is -1.95. The van der Waals surface area contributed by atoms with Crippen LogP contribution < -0.4 is 5.32 Å². The zero-order chi connectivity index (χ0) is 13.9. The first-order valence-corrected chi connectivity index (χ1v) is 7.23. The van der Waals surface area contributed by atoms with Gasteiger partial charge in [-0.3, -0.25) is 9.78 Å². The molecule has 2 aromatic carbocycles. The summed E-state index contributed by atoms with van der Waals surface area (Å²) in [4.78, 5) is 16.7. The van der Waals surface area contributed by atoms with Crippen LogP contribution in [-0.4, -0.2) is 10.9 Å². The van der Waals surface area contributed by atoms with Crippen molar-refractivity contribution in [3.05, 3.63) is 69.9 Å². The van der Waals surface area contributed by atoms with Crippen LogP contribution in [-0.2, 0) is 0 Å². The van der Waals surface area contributed by atoms with Crippen LogP contribution in [0.15, 0.2) is 60.8 Å². The summed E-state index contributed by atoms with van der Waals surface area (Å²) >= 11 is 2.20. The predicted molar refractivity (Wildman–Crippen MR) is 88.9 cm³/mol. The number of fused-ring (bicyclic) bond motifs is 1. The lowest BCUT2D eigenvalue weighted by molar-refractivity contribution is 0.102. The highest BCUT2D eigenvalue weighted by molar-refractivity contribution is 14.1. The monoisotopic (exact) mass is 374 g/mol. The first kappa shape index (κ1) is 13.1. The van der Waals surface area contributed by atoms with Crippen molar-refractivity contribution in [2.75, 3.05) is 5.32 Å². The van der Waals surface area contributed by atoms with E-state index in [0.29, 0.717) is 5.56 Å². The Balaban J connectivity index is 1.99. The van der Waals surface area contributed by atoms with Crippen LogP contribution in [0.2, 0.25) is 0 Å². The van der Waals surface area contributed by atoms with E-state index in [4.69, 9.17) is 0 Å². The number of para-hydroxylation sites is 2. The minimum atomic E-state index is -0.140. The quantitative estimate of drug-likeness (QED) is 0.687. The summed E-state index contributed by atoms with van der Waals surface area (Å²) in [6.07, 6.45) is 1.70. The number of amides is 1. The van der Waals surface area contributed by atoms with Crippen LogP contribution in [0.5, 0.6) is 0 Å². The molecule has 0 aliphatic rings. The molecule has 0 saturated carbocycles. The van der Waals surface area contributed by atoms with Crippen molar-refractivity contribution in [3.63, 3.8) is 0 Å². The number of rotatable bonds is 2. The minimum absolute atomic E-state index is 0.140. The van der Waals surface area contributed by atoms with Crippen molar-refractivity contribution >= 4 is 45.1 Å². The number of anilines is 1. The molecule has 0 aliphatic heterocycles. The fourth-order valence-electron chi connectivity index (χ4n) is 2.04. The van der Waals surface area contributed by atoms with E-state index < -0.39 is 0 Å². The van der Waals surface area contributed by atoms with Gasteiger partial charge in [-0.1, -0.05) is 30.3 Å². The summed E-state index contributed by atoms with van der Waals surface area (Å²) < 4.78 is 1.01. The molecule has 0 saturated heterocycles. The third-order valence-corrected chi connectivity index (χ3v) is 3.94. The normalized spacial score (nSPS) is 10.4. The molecule has 0 unspecified atom stereocenters. The van der Waals surface area contributed by atoms with Gasteiger partial charge in [0.15, 0.2) is 0 Å².